The van der Waals surface area contributed by atoms with Gasteiger partial charge in [0.05, 0.1) is 0 Å². The molecule has 0 radical (unpaired) electrons. The molecule has 1 heterocycles. The summed E-state index contributed by atoms with van der Waals surface area (Å²) in [6, 6.07) is 3.45. The molecular formula is C14H15NO2. The van der Waals surface area contributed by atoms with Gasteiger partial charge in [-0.3, -0.25) is 4.79 Å². The van der Waals surface area contributed by atoms with Crippen LogP contribution in [0.5, 0.6) is 5.75 Å². The number of rotatable bonds is 0. The molecule has 0 spiro atoms. The molecule has 0 saturated carbocycles. The van der Waals surface area contributed by atoms with E-state index in [9.17, 15) is 9.90 Å². The van der Waals surface area contributed by atoms with Gasteiger partial charge < -0.3 is 10.4 Å². The molecule has 1 aliphatic carbocycles. The number of phenolic OH excluding ortho intramolecular Hbond substituents is 1. The van der Waals surface area contributed by atoms with E-state index >= 15 is 0 Å². The predicted molar refractivity (Wildman–Crippen MR) is 66.2 cm³/mol. The molecule has 0 aromatic heterocycles. The Morgan fingerprint density at radius 3 is 2.71 bits per heavy atom. The molecule has 2 N–H and O–H groups in total. The zero-order valence-electron chi connectivity index (χ0n) is 9.90. The van der Waals surface area contributed by atoms with Gasteiger partial charge in [-0.15, -0.1) is 0 Å². The molecule has 1 aliphatic heterocycles. The van der Waals surface area contributed by atoms with Crippen molar-refractivity contribution in [3.8, 4) is 5.75 Å². The zero-order valence-corrected chi connectivity index (χ0v) is 9.90. The Morgan fingerprint density at radius 1 is 1.18 bits per heavy atom. The SMILES string of the molecule is C[C@@H]1C=C[C@H]2c3c(ccc(O)c31)NC(=O)[C@@H]2C. The van der Waals surface area contributed by atoms with Gasteiger partial charge in [0, 0.05) is 29.0 Å². The molecule has 3 nitrogen and oxygen atoms in total. The van der Waals surface area contributed by atoms with E-state index in [1.165, 1.54) is 0 Å². The van der Waals surface area contributed by atoms with Crippen molar-refractivity contribution in [3.05, 3.63) is 35.4 Å². The largest absolute Gasteiger partial charge is 0.508 e. The van der Waals surface area contributed by atoms with Gasteiger partial charge in [-0.05, 0) is 17.7 Å². The third-order valence-electron chi connectivity index (χ3n) is 3.87. The number of aromatic hydroxyl groups is 1. The molecule has 1 aromatic carbocycles. The van der Waals surface area contributed by atoms with Crippen LogP contribution in [0.2, 0.25) is 0 Å². The third kappa shape index (κ3) is 1.32. The number of carbonyl (C=O) groups is 1. The summed E-state index contributed by atoms with van der Waals surface area (Å²) in [7, 11) is 0. The van der Waals surface area contributed by atoms with Gasteiger partial charge in [0.15, 0.2) is 0 Å². The van der Waals surface area contributed by atoms with Crippen molar-refractivity contribution in [2.24, 2.45) is 5.92 Å². The molecule has 0 unspecified atom stereocenters. The second kappa shape index (κ2) is 3.36. The van der Waals surface area contributed by atoms with Gasteiger partial charge in [0.25, 0.3) is 0 Å². The monoisotopic (exact) mass is 229 g/mol. The van der Waals surface area contributed by atoms with Gasteiger partial charge in [0.2, 0.25) is 5.91 Å². The number of amides is 1. The fraction of sp³-hybridized carbons (Fsp3) is 0.357. The van der Waals surface area contributed by atoms with Crippen LogP contribution in [0.15, 0.2) is 24.3 Å². The van der Waals surface area contributed by atoms with Crippen LogP contribution in [0.25, 0.3) is 0 Å². The maximum absolute atomic E-state index is 11.8. The van der Waals surface area contributed by atoms with Crippen LogP contribution in [-0.2, 0) is 4.79 Å². The third-order valence-corrected chi connectivity index (χ3v) is 3.87. The van der Waals surface area contributed by atoms with Crippen molar-refractivity contribution < 1.29 is 9.90 Å². The van der Waals surface area contributed by atoms with Crippen LogP contribution in [0.4, 0.5) is 5.69 Å². The maximum atomic E-state index is 11.8. The lowest BCUT2D eigenvalue weighted by molar-refractivity contribution is -0.120. The summed E-state index contributed by atoms with van der Waals surface area (Å²) in [6.45, 7) is 3.99. The van der Waals surface area contributed by atoms with Crippen molar-refractivity contribution in [2.45, 2.75) is 25.7 Å². The summed E-state index contributed by atoms with van der Waals surface area (Å²) in [5.74, 6) is 0.597. The van der Waals surface area contributed by atoms with E-state index in [0.717, 1.165) is 16.8 Å². The van der Waals surface area contributed by atoms with Crippen molar-refractivity contribution in [3.63, 3.8) is 0 Å². The number of phenols is 1. The number of nitrogens with one attached hydrogen (secondary N) is 1. The van der Waals surface area contributed by atoms with E-state index in [4.69, 9.17) is 0 Å². The van der Waals surface area contributed by atoms with E-state index in [1.807, 2.05) is 6.92 Å². The number of anilines is 1. The maximum Gasteiger partial charge on any atom is 0.228 e. The smallest absolute Gasteiger partial charge is 0.228 e. The Bertz CT molecular complexity index is 533. The van der Waals surface area contributed by atoms with Gasteiger partial charge >= 0.3 is 0 Å². The van der Waals surface area contributed by atoms with E-state index in [1.54, 1.807) is 12.1 Å². The fourth-order valence-electron chi connectivity index (χ4n) is 2.88. The first kappa shape index (κ1) is 10.4. The van der Waals surface area contributed by atoms with Gasteiger partial charge in [-0.2, -0.15) is 0 Å². The molecule has 88 valence electrons. The van der Waals surface area contributed by atoms with Crippen LogP contribution >= 0.6 is 0 Å². The fourth-order valence-corrected chi connectivity index (χ4v) is 2.88. The number of hydrogen-bond acceptors (Lipinski definition) is 2. The first-order valence-electron chi connectivity index (χ1n) is 5.94. The second-order valence-corrected chi connectivity index (χ2v) is 4.94. The summed E-state index contributed by atoms with van der Waals surface area (Å²) in [5.41, 5.74) is 2.90. The van der Waals surface area contributed by atoms with Crippen molar-refractivity contribution >= 4 is 11.6 Å². The number of benzene rings is 1. The van der Waals surface area contributed by atoms with E-state index < -0.39 is 0 Å². The van der Waals surface area contributed by atoms with Crippen molar-refractivity contribution in [2.75, 3.05) is 5.32 Å². The predicted octanol–water partition coefficient (Wildman–Crippen LogP) is 2.74. The standard InChI is InChI=1S/C14H15NO2/c1-7-3-4-9-8(2)14(17)15-10-5-6-11(16)12(7)13(9)10/h3-9,16H,1-2H3,(H,15,17)/t7-,8-,9-/m1/s1. The molecular weight excluding hydrogens is 214 g/mol. The Labute approximate surface area is 100 Å². The molecule has 3 rings (SSSR count). The van der Waals surface area contributed by atoms with Crippen molar-refractivity contribution in [1.82, 2.24) is 0 Å². The highest BCUT2D eigenvalue weighted by atomic mass is 16.3. The van der Waals surface area contributed by atoms with Crippen LogP contribution in [0.3, 0.4) is 0 Å². The summed E-state index contributed by atoms with van der Waals surface area (Å²) in [5, 5.41) is 12.9. The van der Waals surface area contributed by atoms with Gasteiger partial charge in [0.1, 0.15) is 5.75 Å². The van der Waals surface area contributed by atoms with Gasteiger partial charge in [-0.25, -0.2) is 0 Å². The summed E-state index contributed by atoms with van der Waals surface area (Å²) >= 11 is 0. The van der Waals surface area contributed by atoms with E-state index in [0.29, 0.717) is 5.75 Å². The lowest BCUT2D eigenvalue weighted by Crippen LogP contribution is -2.33. The number of hydrogen-bond donors (Lipinski definition) is 2. The number of allylic oxidation sites excluding steroid dienone is 2. The summed E-state index contributed by atoms with van der Waals surface area (Å²) < 4.78 is 0. The van der Waals surface area contributed by atoms with Crippen molar-refractivity contribution in [1.29, 1.82) is 0 Å². The highest BCUT2D eigenvalue weighted by Crippen LogP contribution is 2.47. The Hall–Kier alpha value is -1.77. The quantitative estimate of drug-likeness (QED) is 0.531. The first-order chi connectivity index (χ1) is 8.09. The van der Waals surface area contributed by atoms with Crippen LogP contribution in [0, 0.1) is 5.92 Å². The highest BCUT2D eigenvalue weighted by molar-refractivity contribution is 5.97. The summed E-state index contributed by atoms with van der Waals surface area (Å²) in [4.78, 5) is 11.8. The highest BCUT2D eigenvalue weighted by Gasteiger charge is 2.36. The van der Waals surface area contributed by atoms with E-state index in [-0.39, 0.29) is 23.7 Å². The molecule has 1 amide bonds. The zero-order chi connectivity index (χ0) is 12.2. The molecule has 0 saturated heterocycles. The molecule has 0 bridgehead atoms. The topological polar surface area (TPSA) is 49.3 Å². The lowest BCUT2D eigenvalue weighted by atomic mass is 9.74. The molecule has 3 atom stereocenters. The average molecular weight is 229 g/mol. The normalized spacial score (nSPS) is 29.8. The number of carbonyl (C=O) groups excluding carboxylic acids is 1. The van der Waals surface area contributed by atoms with Gasteiger partial charge in [-0.1, -0.05) is 26.0 Å². The minimum atomic E-state index is -0.0770. The average Bonchev–Trinajstić information content (AvgIpc) is 2.30. The van der Waals surface area contributed by atoms with Crippen LogP contribution < -0.4 is 5.32 Å². The molecule has 2 aliphatic rings. The minimum Gasteiger partial charge on any atom is -0.508 e. The van der Waals surface area contributed by atoms with Crippen LogP contribution in [-0.4, -0.2) is 11.0 Å². The molecule has 1 aromatic rings. The minimum absolute atomic E-state index is 0.0540. The molecule has 17 heavy (non-hydrogen) atoms. The Morgan fingerprint density at radius 2 is 1.94 bits per heavy atom. The van der Waals surface area contributed by atoms with E-state index in [2.05, 4.69) is 24.4 Å². The Balaban J connectivity index is 2.29. The molecule has 0 fully saturated rings. The lowest BCUT2D eigenvalue weighted by Gasteiger charge is -2.35. The second-order valence-electron chi connectivity index (χ2n) is 4.94. The summed E-state index contributed by atoms with van der Waals surface area (Å²) in [6.07, 6.45) is 4.17. The van der Waals surface area contributed by atoms with Crippen LogP contribution in [0.1, 0.15) is 36.8 Å². The molecule has 3 heteroatoms. The first-order valence-corrected chi connectivity index (χ1v) is 5.94. The Kier molecular flexibility index (Phi) is 2.05.